The maximum Gasteiger partial charge on any atom is 0.240 e. The molecule has 1 aromatic carbocycles. The average Bonchev–Trinajstić information content (AvgIpc) is 2.83. The van der Waals surface area contributed by atoms with Crippen LogP contribution in [-0.2, 0) is 10.0 Å². The van der Waals surface area contributed by atoms with Gasteiger partial charge in [0.25, 0.3) is 0 Å². The minimum atomic E-state index is -3.44. The summed E-state index contributed by atoms with van der Waals surface area (Å²) >= 11 is 0. The highest BCUT2D eigenvalue weighted by Crippen LogP contribution is 2.46. The van der Waals surface area contributed by atoms with E-state index in [1.807, 2.05) is 26.0 Å². The molecule has 0 aromatic heterocycles. The molecule has 1 heterocycles. The normalized spacial score (nSPS) is 24.5. The second-order valence-electron chi connectivity index (χ2n) is 7.94. The van der Waals surface area contributed by atoms with Crippen LogP contribution in [0.1, 0.15) is 43.2 Å². The predicted octanol–water partition coefficient (Wildman–Crippen LogP) is 3.09. The van der Waals surface area contributed by atoms with Crippen LogP contribution in [0.3, 0.4) is 0 Å². The van der Waals surface area contributed by atoms with E-state index in [1.54, 1.807) is 6.07 Å². The Morgan fingerprint density at radius 1 is 1.21 bits per heavy atom. The lowest BCUT2D eigenvalue weighted by molar-refractivity contribution is 0.144. The molecule has 1 unspecified atom stereocenters. The van der Waals surface area contributed by atoms with Crippen molar-refractivity contribution < 1.29 is 8.42 Å². The number of nitrogens with one attached hydrogen (secondary N) is 1. The van der Waals surface area contributed by atoms with E-state index < -0.39 is 10.0 Å². The number of hydrogen-bond acceptors (Lipinski definition) is 3. The zero-order valence-electron chi connectivity index (χ0n) is 15.1. The molecule has 1 saturated heterocycles. The van der Waals surface area contributed by atoms with Crippen molar-refractivity contribution in [2.45, 2.75) is 50.8 Å². The van der Waals surface area contributed by atoms with Gasteiger partial charge in [-0.1, -0.05) is 31.4 Å². The van der Waals surface area contributed by atoms with Crippen molar-refractivity contribution in [2.24, 2.45) is 11.3 Å². The topological polar surface area (TPSA) is 49.4 Å². The van der Waals surface area contributed by atoms with Gasteiger partial charge in [-0.3, -0.25) is 0 Å². The highest BCUT2D eigenvalue weighted by molar-refractivity contribution is 7.89. The van der Waals surface area contributed by atoms with Gasteiger partial charge in [0, 0.05) is 19.6 Å². The molecule has 1 aromatic rings. The molecule has 1 atom stereocenters. The lowest BCUT2D eigenvalue weighted by atomic mass is 9.68. The highest BCUT2D eigenvalue weighted by atomic mass is 32.2. The van der Waals surface area contributed by atoms with Crippen LogP contribution in [0.4, 0.5) is 0 Å². The van der Waals surface area contributed by atoms with Crippen LogP contribution >= 0.6 is 0 Å². The summed E-state index contributed by atoms with van der Waals surface area (Å²) < 4.78 is 28.5. The molecular weight excluding hydrogens is 320 g/mol. The van der Waals surface area contributed by atoms with Crippen LogP contribution < -0.4 is 4.72 Å². The zero-order valence-corrected chi connectivity index (χ0v) is 16.0. The molecular formula is C19H30N2O2S. The molecule has 4 nitrogen and oxygen atoms in total. The maximum absolute atomic E-state index is 12.8. The Balaban J connectivity index is 1.75. The van der Waals surface area contributed by atoms with E-state index in [0.717, 1.165) is 24.2 Å². The lowest BCUT2D eigenvalue weighted by Crippen LogP contribution is -2.40. The molecule has 24 heavy (non-hydrogen) atoms. The number of sulfonamides is 1. The summed E-state index contributed by atoms with van der Waals surface area (Å²) in [4.78, 5) is 2.80. The molecule has 1 saturated carbocycles. The van der Waals surface area contributed by atoms with Gasteiger partial charge >= 0.3 is 0 Å². The van der Waals surface area contributed by atoms with Crippen molar-refractivity contribution in [1.82, 2.24) is 9.62 Å². The molecule has 134 valence electrons. The van der Waals surface area contributed by atoms with Crippen LogP contribution in [0.25, 0.3) is 0 Å². The summed E-state index contributed by atoms with van der Waals surface area (Å²) in [7, 11) is -1.28. The monoisotopic (exact) mass is 350 g/mol. The molecule has 1 aliphatic heterocycles. The maximum atomic E-state index is 12.8. The van der Waals surface area contributed by atoms with E-state index in [0.29, 0.717) is 22.8 Å². The van der Waals surface area contributed by atoms with Gasteiger partial charge in [0.1, 0.15) is 0 Å². The van der Waals surface area contributed by atoms with E-state index >= 15 is 0 Å². The van der Waals surface area contributed by atoms with E-state index in [4.69, 9.17) is 0 Å². The second-order valence-corrected chi connectivity index (χ2v) is 9.67. The summed E-state index contributed by atoms with van der Waals surface area (Å²) in [6.45, 7) is 6.46. The number of likely N-dealkylation sites (tertiary alicyclic amines) is 1. The third-order valence-electron chi connectivity index (χ3n) is 5.99. The summed E-state index contributed by atoms with van der Waals surface area (Å²) in [5.74, 6) is 0.419. The molecule has 0 amide bonds. The van der Waals surface area contributed by atoms with Gasteiger partial charge in [-0.25, -0.2) is 13.1 Å². The van der Waals surface area contributed by atoms with Gasteiger partial charge in [0.05, 0.1) is 4.90 Å². The molecule has 1 aliphatic carbocycles. The van der Waals surface area contributed by atoms with Crippen molar-refractivity contribution in [3.63, 3.8) is 0 Å². The largest absolute Gasteiger partial charge is 0.305 e. The van der Waals surface area contributed by atoms with Gasteiger partial charge in [0.15, 0.2) is 0 Å². The molecule has 1 N–H and O–H groups in total. The SMILES string of the molecule is Cc1ccc(C)c(S(=O)(=O)NCC2CN(C)CC23CCCCC3)c1. The number of benzene rings is 1. The van der Waals surface area contributed by atoms with Crippen LogP contribution in [0.2, 0.25) is 0 Å². The van der Waals surface area contributed by atoms with E-state index in [9.17, 15) is 8.42 Å². The van der Waals surface area contributed by atoms with Gasteiger partial charge in [-0.2, -0.15) is 0 Å². The van der Waals surface area contributed by atoms with Crippen LogP contribution in [0.15, 0.2) is 23.1 Å². The predicted molar refractivity (Wildman–Crippen MR) is 97.6 cm³/mol. The van der Waals surface area contributed by atoms with Crippen LogP contribution in [0, 0.1) is 25.2 Å². The molecule has 0 radical (unpaired) electrons. The molecule has 2 aliphatic rings. The van der Waals surface area contributed by atoms with Crippen molar-refractivity contribution in [3.05, 3.63) is 29.3 Å². The summed E-state index contributed by atoms with van der Waals surface area (Å²) in [6.07, 6.45) is 6.38. The third-order valence-corrected chi connectivity index (χ3v) is 7.55. The minimum absolute atomic E-state index is 0.317. The molecule has 3 rings (SSSR count). The number of rotatable bonds is 4. The first-order valence-corrected chi connectivity index (χ1v) is 10.6. The fraction of sp³-hybridized carbons (Fsp3) is 0.684. The Morgan fingerprint density at radius 3 is 2.62 bits per heavy atom. The van der Waals surface area contributed by atoms with Crippen molar-refractivity contribution in [2.75, 3.05) is 26.7 Å². The summed E-state index contributed by atoms with van der Waals surface area (Å²) in [5.41, 5.74) is 2.10. The third kappa shape index (κ3) is 3.53. The Hall–Kier alpha value is -0.910. The first kappa shape index (κ1) is 17.9. The fourth-order valence-electron chi connectivity index (χ4n) is 4.69. The van der Waals surface area contributed by atoms with E-state index in [1.165, 1.54) is 32.1 Å². The minimum Gasteiger partial charge on any atom is -0.305 e. The average molecular weight is 351 g/mol. The standard InChI is InChI=1S/C19H30N2O2S/c1-15-7-8-16(2)18(11-15)24(22,23)20-12-17-13-21(3)14-19(17)9-5-4-6-10-19/h7-8,11,17,20H,4-6,9-10,12-14H2,1-3H3. The van der Waals surface area contributed by atoms with Gasteiger partial charge in [0.2, 0.25) is 10.0 Å². The number of hydrogen-bond donors (Lipinski definition) is 1. The van der Waals surface area contributed by atoms with E-state index in [2.05, 4.69) is 16.7 Å². The van der Waals surface area contributed by atoms with Gasteiger partial charge in [-0.05, 0) is 62.3 Å². The number of aryl methyl sites for hydroxylation is 2. The fourth-order valence-corrected chi connectivity index (χ4v) is 6.10. The second kappa shape index (κ2) is 6.77. The first-order valence-electron chi connectivity index (χ1n) is 9.08. The van der Waals surface area contributed by atoms with Crippen LogP contribution in [0.5, 0.6) is 0 Å². The molecule has 1 spiro atoms. The Bertz CT molecular complexity index is 693. The Morgan fingerprint density at radius 2 is 1.92 bits per heavy atom. The smallest absolute Gasteiger partial charge is 0.240 e. The zero-order chi connectivity index (χ0) is 17.4. The Labute approximate surface area is 146 Å². The molecule has 0 bridgehead atoms. The quantitative estimate of drug-likeness (QED) is 0.908. The number of nitrogens with zero attached hydrogens (tertiary/aromatic N) is 1. The lowest BCUT2D eigenvalue weighted by Gasteiger charge is -2.38. The van der Waals surface area contributed by atoms with E-state index in [-0.39, 0.29) is 0 Å². The molecule has 2 fully saturated rings. The van der Waals surface area contributed by atoms with Crippen molar-refractivity contribution >= 4 is 10.0 Å². The first-order chi connectivity index (χ1) is 11.3. The summed E-state index contributed by atoms with van der Waals surface area (Å²) in [5, 5.41) is 0. The highest BCUT2D eigenvalue weighted by Gasteiger charge is 2.45. The summed E-state index contributed by atoms with van der Waals surface area (Å²) in [6, 6.07) is 5.61. The van der Waals surface area contributed by atoms with Crippen molar-refractivity contribution in [3.8, 4) is 0 Å². The van der Waals surface area contributed by atoms with Gasteiger partial charge in [-0.15, -0.1) is 0 Å². The van der Waals surface area contributed by atoms with Gasteiger partial charge < -0.3 is 4.90 Å². The van der Waals surface area contributed by atoms with Crippen LogP contribution in [-0.4, -0.2) is 40.0 Å². The molecule has 5 heteroatoms. The van der Waals surface area contributed by atoms with Crippen molar-refractivity contribution in [1.29, 1.82) is 0 Å². The Kier molecular flexibility index (Phi) is 5.05.